The zero-order valence-corrected chi connectivity index (χ0v) is 15.1. The Hall–Kier alpha value is -2.62. The van der Waals surface area contributed by atoms with E-state index < -0.39 is 0 Å². The largest absolute Gasteiger partial charge is 0.326 e. The second kappa shape index (κ2) is 6.94. The zero-order chi connectivity index (χ0) is 18.1. The lowest BCUT2D eigenvalue weighted by Gasteiger charge is -2.32. The first-order valence-electron chi connectivity index (χ1n) is 9.41. The third kappa shape index (κ3) is 3.12. The molecule has 2 heterocycles. The van der Waals surface area contributed by atoms with E-state index in [1.807, 2.05) is 29.2 Å². The number of aryl methyl sites for hydroxylation is 2. The molecule has 0 saturated heterocycles. The number of nitrogens with zero attached hydrogens (tertiary/aromatic N) is 1. The molecular weight excluding hydrogens is 324 g/mol. The molecule has 0 aliphatic carbocycles. The Labute approximate surface area is 154 Å². The monoisotopic (exact) mass is 348 g/mol. The lowest BCUT2D eigenvalue weighted by Crippen LogP contribution is -2.37. The highest BCUT2D eigenvalue weighted by molar-refractivity contribution is 5.98. The summed E-state index contributed by atoms with van der Waals surface area (Å²) in [6, 6.07) is 14.1. The smallest absolute Gasteiger partial charge is 0.227 e. The molecule has 0 fully saturated rings. The third-order valence-electron chi connectivity index (χ3n) is 5.54. The fourth-order valence-electron chi connectivity index (χ4n) is 4.18. The first-order valence-corrected chi connectivity index (χ1v) is 9.41. The Kier molecular flexibility index (Phi) is 4.49. The fraction of sp³-hybridized carbons (Fsp3) is 0.364. The topological polar surface area (TPSA) is 49.4 Å². The summed E-state index contributed by atoms with van der Waals surface area (Å²) in [6.45, 7) is 2.84. The van der Waals surface area contributed by atoms with Crippen LogP contribution in [0, 0.1) is 12.8 Å². The van der Waals surface area contributed by atoms with Crippen LogP contribution in [0.2, 0.25) is 0 Å². The van der Waals surface area contributed by atoms with Crippen molar-refractivity contribution in [3.05, 3.63) is 59.2 Å². The Morgan fingerprint density at radius 3 is 2.85 bits per heavy atom. The van der Waals surface area contributed by atoms with E-state index in [1.165, 1.54) is 5.56 Å². The molecule has 0 bridgehead atoms. The molecule has 2 aromatic rings. The van der Waals surface area contributed by atoms with Crippen molar-refractivity contribution in [1.29, 1.82) is 0 Å². The summed E-state index contributed by atoms with van der Waals surface area (Å²) in [7, 11) is 0. The lowest BCUT2D eigenvalue weighted by molar-refractivity contribution is -0.121. The summed E-state index contributed by atoms with van der Waals surface area (Å²) in [5.41, 5.74) is 5.56. The Morgan fingerprint density at radius 2 is 1.96 bits per heavy atom. The van der Waals surface area contributed by atoms with E-state index in [0.717, 1.165) is 41.9 Å². The summed E-state index contributed by atoms with van der Waals surface area (Å²) in [6.07, 6.45) is 3.75. The predicted octanol–water partition coefficient (Wildman–Crippen LogP) is 3.87. The minimum absolute atomic E-state index is 0.0340. The molecule has 26 heavy (non-hydrogen) atoms. The third-order valence-corrected chi connectivity index (χ3v) is 5.54. The zero-order valence-electron chi connectivity index (χ0n) is 15.1. The Morgan fingerprint density at radius 1 is 1.15 bits per heavy atom. The number of amides is 2. The Balaban J connectivity index is 1.45. The van der Waals surface area contributed by atoms with E-state index >= 15 is 0 Å². The summed E-state index contributed by atoms with van der Waals surface area (Å²) < 4.78 is 0. The van der Waals surface area contributed by atoms with Gasteiger partial charge in [0.25, 0.3) is 0 Å². The maximum atomic E-state index is 12.9. The number of benzene rings is 2. The van der Waals surface area contributed by atoms with Crippen molar-refractivity contribution in [2.45, 2.75) is 39.0 Å². The minimum Gasteiger partial charge on any atom is -0.326 e. The number of hydrogen-bond acceptors (Lipinski definition) is 2. The quantitative estimate of drug-likeness (QED) is 0.915. The van der Waals surface area contributed by atoms with Gasteiger partial charge in [0.15, 0.2) is 0 Å². The lowest BCUT2D eigenvalue weighted by atomic mass is 9.89. The molecule has 0 radical (unpaired) electrons. The van der Waals surface area contributed by atoms with Crippen molar-refractivity contribution in [3.63, 3.8) is 0 Å². The molecule has 0 spiro atoms. The van der Waals surface area contributed by atoms with Crippen molar-refractivity contribution in [3.8, 4) is 0 Å². The van der Waals surface area contributed by atoms with E-state index in [9.17, 15) is 9.59 Å². The molecule has 2 amide bonds. The number of rotatable bonds is 3. The molecule has 2 aromatic carbocycles. The fourth-order valence-corrected chi connectivity index (χ4v) is 4.18. The number of hydrogen-bond donors (Lipinski definition) is 1. The number of carbonyl (C=O) groups excluding carboxylic acids is 2. The molecule has 1 atom stereocenters. The highest BCUT2D eigenvalue weighted by atomic mass is 16.2. The van der Waals surface area contributed by atoms with Gasteiger partial charge in [0.1, 0.15) is 0 Å². The van der Waals surface area contributed by atoms with E-state index in [2.05, 4.69) is 30.4 Å². The second-order valence-corrected chi connectivity index (χ2v) is 7.32. The Bertz CT molecular complexity index is 859. The molecule has 1 unspecified atom stereocenters. The minimum atomic E-state index is -0.130. The van der Waals surface area contributed by atoms with Crippen LogP contribution in [0.25, 0.3) is 0 Å². The maximum Gasteiger partial charge on any atom is 0.227 e. The molecule has 134 valence electrons. The van der Waals surface area contributed by atoms with Crippen LogP contribution in [0.15, 0.2) is 42.5 Å². The van der Waals surface area contributed by atoms with E-state index in [-0.39, 0.29) is 17.7 Å². The van der Waals surface area contributed by atoms with Crippen LogP contribution in [0.5, 0.6) is 0 Å². The summed E-state index contributed by atoms with van der Waals surface area (Å²) in [5, 5.41) is 2.97. The summed E-state index contributed by atoms with van der Waals surface area (Å²) >= 11 is 0. The molecule has 4 heteroatoms. The number of anilines is 2. The van der Waals surface area contributed by atoms with Gasteiger partial charge in [0.2, 0.25) is 11.8 Å². The van der Waals surface area contributed by atoms with Crippen LogP contribution >= 0.6 is 0 Å². The van der Waals surface area contributed by atoms with Crippen LogP contribution in [-0.2, 0) is 22.4 Å². The first kappa shape index (κ1) is 16.8. The highest BCUT2D eigenvalue weighted by Crippen LogP contribution is 2.32. The van der Waals surface area contributed by atoms with E-state index in [4.69, 9.17) is 0 Å². The van der Waals surface area contributed by atoms with Crippen molar-refractivity contribution in [1.82, 2.24) is 0 Å². The van der Waals surface area contributed by atoms with Crippen LogP contribution in [0.4, 0.5) is 11.4 Å². The molecule has 4 nitrogen and oxygen atoms in total. The van der Waals surface area contributed by atoms with Crippen LogP contribution in [-0.4, -0.2) is 18.4 Å². The number of para-hydroxylation sites is 2. The number of nitrogens with one attached hydrogen (secondary N) is 1. The maximum absolute atomic E-state index is 12.9. The molecular formula is C22H24N2O2. The van der Waals surface area contributed by atoms with Gasteiger partial charge in [-0.05, 0) is 55.4 Å². The van der Waals surface area contributed by atoms with Crippen LogP contribution in [0.3, 0.4) is 0 Å². The average Bonchev–Trinajstić information content (AvgIpc) is 2.66. The van der Waals surface area contributed by atoms with Gasteiger partial charge >= 0.3 is 0 Å². The molecule has 0 saturated carbocycles. The molecule has 0 aromatic heterocycles. The highest BCUT2D eigenvalue weighted by Gasteiger charge is 2.29. The predicted molar refractivity (Wildman–Crippen MR) is 103 cm³/mol. The summed E-state index contributed by atoms with van der Waals surface area (Å²) in [4.78, 5) is 27.2. The van der Waals surface area contributed by atoms with Gasteiger partial charge in [-0.1, -0.05) is 36.4 Å². The van der Waals surface area contributed by atoms with Gasteiger partial charge < -0.3 is 10.2 Å². The summed E-state index contributed by atoms with van der Waals surface area (Å²) in [5.74, 6) is 0.0358. The average molecular weight is 348 g/mol. The number of fused-ring (bicyclic) bond motifs is 2. The molecule has 1 N–H and O–H groups in total. The standard InChI is InChI=1S/C22H24N2O2/c1-15-6-4-8-16-9-5-13-24(21(15)16)20(25)12-11-18-14-17-7-2-3-10-19(17)23-22(18)26/h2-4,6-8,10,18H,5,9,11-14H2,1H3,(H,23,26). The van der Waals surface area contributed by atoms with Crippen molar-refractivity contribution in [2.75, 3.05) is 16.8 Å². The van der Waals surface area contributed by atoms with E-state index in [1.54, 1.807) is 0 Å². The first-order chi connectivity index (χ1) is 12.6. The van der Waals surface area contributed by atoms with Crippen LogP contribution in [0.1, 0.15) is 36.0 Å². The van der Waals surface area contributed by atoms with Gasteiger partial charge in [0.05, 0.1) is 0 Å². The van der Waals surface area contributed by atoms with Crippen molar-refractivity contribution >= 4 is 23.2 Å². The van der Waals surface area contributed by atoms with Gasteiger partial charge in [-0.25, -0.2) is 0 Å². The normalized spacial score (nSPS) is 18.7. The molecule has 4 rings (SSSR count). The van der Waals surface area contributed by atoms with Gasteiger partial charge in [-0.3, -0.25) is 9.59 Å². The molecule has 2 aliphatic heterocycles. The SMILES string of the molecule is Cc1cccc2c1N(C(=O)CCC1Cc3ccccc3NC1=O)CCC2. The van der Waals surface area contributed by atoms with Crippen LogP contribution < -0.4 is 10.2 Å². The van der Waals surface area contributed by atoms with Gasteiger partial charge in [0, 0.05) is 30.3 Å². The second-order valence-electron chi connectivity index (χ2n) is 7.32. The number of carbonyl (C=O) groups is 2. The van der Waals surface area contributed by atoms with E-state index in [0.29, 0.717) is 19.3 Å². The van der Waals surface area contributed by atoms with Crippen molar-refractivity contribution < 1.29 is 9.59 Å². The molecule has 2 aliphatic rings. The van der Waals surface area contributed by atoms with Gasteiger partial charge in [-0.2, -0.15) is 0 Å². The van der Waals surface area contributed by atoms with Crippen molar-refractivity contribution in [2.24, 2.45) is 5.92 Å². The van der Waals surface area contributed by atoms with Gasteiger partial charge in [-0.15, -0.1) is 0 Å².